The molecular formula is C17H23NOS. The van der Waals surface area contributed by atoms with E-state index >= 15 is 0 Å². The van der Waals surface area contributed by atoms with Crippen molar-refractivity contribution in [1.82, 2.24) is 0 Å². The zero-order valence-corrected chi connectivity index (χ0v) is 13.4. The highest BCUT2D eigenvalue weighted by Crippen LogP contribution is 2.35. The Morgan fingerprint density at radius 1 is 1.30 bits per heavy atom. The van der Waals surface area contributed by atoms with Crippen molar-refractivity contribution in [3.8, 4) is 6.07 Å². The van der Waals surface area contributed by atoms with E-state index in [2.05, 4.69) is 19.9 Å². The van der Waals surface area contributed by atoms with Crippen molar-refractivity contribution in [2.24, 2.45) is 11.8 Å². The molecule has 1 saturated carbocycles. The van der Waals surface area contributed by atoms with Gasteiger partial charge in [0.1, 0.15) is 0 Å². The molecule has 2 nitrogen and oxygen atoms in total. The number of hydrogen-bond acceptors (Lipinski definition) is 2. The Bertz CT molecular complexity index is 546. The monoisotopic (exact) mass is 289 g/mol. The first-order valence-corrected chi connectivity index (χ1v) is 8.65. The molecule has 1 aromatic carbocycles. The molecule has 108 valence electrons. The van der Waals surface area contributed by atoms with Crippen LogP contribution in [0.5, 0.6) is 0 Å². The second-order valence-corrected chi connectivity index (χ2v) is 7.58. The Hall–Kier alpha value is -1.14. The molecule has 3 heteroatoms. The van der Waals surface area contributed by atoms with Gasteiger partial charge in [-0.3, -0.25) is 4.21 Å². The van der Waals surface area contributed by atoms with Crippen LogP contribution in [0.25, 0.3) is 0 Å². The third-order valence-corrected chi connectivity index (χ3v) is 6.42. The molecule has 0 amide bonds. The highest BCUT2D eigenvalue weighted by atomic mass is 32.2. The van der Waals surface area contributed by atoms with E-state index in [0.717, 1.165) is 30.6 Å². The van der Waals surface area contributed by atoms with Crippen molar-refractivity contribution in [1.29, 1.82) is 5.26 Å². The molecule has 2 rings (SSSR count). The van der Waals surface area contributed by atoms with Gasteiger partial charge in [-0.2, -0.15) is 5.26 Å². The minimum Gasteiger partial charge on any atom is -0.254 e. The van der Waals surface area contributed by atoms with Crippen LogP contribution in [0.4, 0.5) is 0 Å². The second kappa shape index (κ2) is 6.54. The first-order chi connectivity index (χ1) is 9.56. The summed E-state index contributed by atoms with van der Waals surface area (Å²) in [7, 11) is -1.06. The van der Waals surface area contributed by atoms with Crippen LogP contribution in [-0.4, -0.2) is 9.46 Å². The summed E-state index contributed by atoms with van der Waals surface area (Å²) >= 11 is 0. The molecule has 4 atom stereocenters. The number of rotatable bonds is 3. The number of aryl methyl sites for hydroxylation is 2. The van der Waals surface area contributed by atoms with Gasteiger partial charge in [0.15, 0.2) is 0 Å². The van der Waals surface area contributed by atoms with Crippen LogP contribution in [0.1, 0.15) is 43.7 Å². The first kappa shape index (κ1) is 15.3. The maximum Gasteiger partial charge on any atom is 0.0668 e. The lowest BCUT2D eigenvalue weighted by Gasteiger charge is -2.31. The minimum atomic E-state index is -1.06. The predicted octanol–water partition coefficient (Wildman–Crippen LogP) is 4.13. The van der Waals surface area contributed by atoms with E-state index in [1.165, 1.54) is 11.1 Å². The minimum absolute atomic E-state index is 0.000746. The van der Waals surface area contributed by atoms with Gasteiger partial charge in [0.05, 0.1) is 28.0 Å². The van der Waals surface area contributed by atoms with Crippen molar-refractivity contribution < 1.29 is 4.21 Å². The standard InChI is InChI=1S/C17H23NOS/c1-4-14-6-7-15(11-18)17(10-14)20(19)16-8-5-12(2)13(3)9-16/h5,8-9,14-15,17H,4,6-7,10H2,1-3H3. The van der Waals surface area contributed by atoms with Crippen LogP contribution in [0.2, 0.25) is 0 Å². The Balaban J connectivity index is 2.24. The van der Waals surface area contributed by atoms with E-state index in [0.29, 0.717) is 5.92 Å². The maximum absolute atomic E-state index is 12.9. The van der Waals surface area contributed by atoms with E-state index in [-0.39, 0.29) is 11.2 Å². The summed E-state index contributed by atoms with van der Waals surface area (Å²) in [6.45, 7) is 6.30. The lowest BCUT2D eigenvalue weighted by Crippen LogP contribution is -2.32. The van der Waals surface area contributed by atoms with Crippen molar-refractivity contribution in [2.45, 2.75) is 56.6 Å². The van der Waals surface area contributed by atoms with Crippen molar-refractivity contribution in [3.05, 3.63) is 29.3 Å². The zero-order chi connectivity index (χ0) is 14.7. The molecule has 0 aliphatic heterocycles. The lowest BCUT2D eigenvalue weighted by molar-refractivity contribution is 0.313. The smallest absolute Gasteiger partial charge is 0.0668 e. The summed E-state index contributed by atoms with van der Waals surface area (Å²) in [5, 5.41) is 9.33. The molecule has 0 N–H and O–H groups in total. The summed E-state index contributed by atoms with van der Waals surface area (Å²) in [6.07, 6.45) is 4.05. The molecule has 0 heterocycles. The highest BCUT2D eigenvalue weighted by Gasteiger charge is 2.34. The quantitative estimate of drug-likeness (QED) is 0.839. The third kappa shape index (κ3) is 3.12. The normalized spacial score (nSPS) is 27.8. The highest BCUT2D eigenvalue weighted by molar-refractivity contribution is 7.85. The summed E-state index contributed by atoms with van der Waals surface area (Å²) in [6, 6.07) is 8.40. The largest absolute Gasteiger partial charge is 0.254 e. The molecule has 1 fully saturated rings. The topological polar surface area (TPSA) is 40.9 Å². The van der Waals surface area contributed by atoms with Gasteiger partial charge in [-0.25, -0.2) is 0 Å². The summed E-state index contributed by atoms with van der Waals surface area (Å²) in [5.74, 6) is 0.570. The molecular weight excluding hydrogens is 266 g/mol. The second-order valence-electron chi connectivity index (χ2n) is 5.90. The fraction of sp³-hybridized carbons (Fsp3) is 0.588. The molecule has 20 heavy (non-hydrogen) atoms. The van der Waals surface area contributed by atoms with Crippen LogP contribution in [0.15, 0.2) is 23.1 Å². The van der Waals surface area contributed by atoms with E-state index in [1.54, 1.807) is 0 Å². The van der Waals surface area contributed by atoms with Gasteiger partial charge in [0.2, 0.25) is 0 Å². The molecule has 0 bridgehead atoms. The molecule has 0 radical (unpaired) electrons. The Morgan fingerprint density at radius 2 is 2.05 bits per heavy atom. The summed E-state index contributed by atoms with van der Waals surface area (Å²) in [4.78, 5) is 0.884. The number of nitrogens with zero attached hydrogens (tertiary/aromatic N) is 1. The van der Waals surface area contributed by atoms with Crippen molar-refractivity contribution in [2.75, 3.05) is 0 Å². The van der Waals surface area contributed by atoms with Crippen molar-refractivity contribution in [3.63, 3.8) is 0 Å². The van der Waals surface area contributed by atoms with E-state index < -0.39 is 10.8 Å². The van der Waals surface area contributed by atoms with Gasteiger partial charge in [-0.1, -0.05) is 19.4 Å². The lowest BCUT2D eigenvalue weighted by atomic mass is 9.81. The molecule has 4 unspecified atom stereocenters. The first-order valence-electron chi connectivity index (χ1n) is 7.44. The molecule has 1 aromatic rings. The predicted molar refractivity (Wildman–Crippen MR) is 82.8 cm³/mol. The van der Waals surface area contributed by atoms with Gasteiger partial charge in [0, 0.05) is 4.90 Å². The Morgan fingerprint density at radius 3 is 2.65 bits per heavy atom. The van der Waals surface area contributed by atoms with Crippen LogP contribution in [-0.2, 0) is 10.8 Å². The number of nitriles is 1. The Labute approximate surface area is 124 Å². The van der Waals surface area contributed by atoms with Gasteiger partial charge in [-0.15, -0.1) is 0 Å². The summed E-state index contributed by atoms with van der Waals surface area (Å²) < 4.78 is 12.9. The van der Waals surface area contributed by atoms with Crippen LogP contribution < -0.4 is 0 Å². The maximum atomic E-state index is 12.9. The van der Waals surface area contributed by atoms with E-state index in [9.17, 15) is 9.47 Å². The SMILES string of the molecule is CCC1CCC(C#N)C(S(=O)c2ccc(C)c(C)c2)C1. The summed E-state index contributed by atoms with van der Waals surface area (Å²) in [5.41, 5.74) is 2.39. The van der Waals surface area contributed by atoms with Gasteiger partial charge < -0.3 is 0 Å². The van der Waals surface area contributed by atoms with E-state index in [1.807, 2.05) is 25.1 Å². The number of benzene rings is 1. The molecule has 1 aliphatic rings. The average Bonchev–Trinajstić information content (AvgIpc) is 2.48. The molecule has 0 spiro atoms. The van der Waals surface area contributed by atoms with Crippen LogP contribution >= 0.6 is 0 Å². The van der Waals surface area contributed by atoms with Crippen molar-refractivity contribution >= 4 is 10.8 Å². The van der Waals surface area contributed by atoms with Gasteiger partial charge >= 0.3 is 0 Å². The third-order valence-electron chi connectivity index (χ3n) is 4.63. The van der Waals surface area contributed by atoms with Crippen LogP contribution in [0.3, 0.4) is 0 Å². The van der Waals surface area contributed by atoms with E-state index in [4.69, 9.17) is 0 Å². The van der Waals surface area contributed by atoms with Crippen LogP contribution in [0, 0.1) is 37.0 Å². The molecule has 1 aliphatic carbocycles. The zero-order valence-electron chi connectivity index (χ0n) is 12.6. The number of hydrogen-bond donors (Lipinski definition) is 0. The van der Waals surface area contributed by atoms with Gasteiger partial charge in [0.25, 0.3) is 0 Å². The molecule has 0 aromatic heterocycles. The fourth-order valence-corrected chi connectivity index (χ4v) is 4.77. The molecule has 0 saturated heterocycles. The average molecular weight is 289 g/mol. The Kier molecular flexibility index (Phi) is 4.99. The van der Waals surface area contributed by atoms with Gasteiger partial charge in [-0.05, 0) is 62.3 Å². The fourth-order valence-electron chi connectivity index (χ4n) is 2.98.